The van der Waals surface area contributed by atoms with Gasteiger partial charge in [-0.25, -0.2) is 0 Å². The minimum absolute atomic E-state index is 0.0711. The van der Waals surface area contributed by atoms with Crippen LogP contribution in [0.3, 0.4) is 0 Å². The molecule has 3 N–H and O–H groups in total. The molecular formula is C15H26N2O4. The van der Waals surface area contributed by atoms with E-state index in [9.17, 15) is 14.7 Å². The number of carbonyl (C=O) groups is 2. The van der Waals surface area contributed by atoms with Gasteiger partial charge in [0.15, 0.2) is 0 Å². The van der Waals surface area contributed by atoms with E-state index in [0.717, 1.165) is 19.0 Å². The zero-order valence-corrected chi connectivity index (χ0v) is 12.5. The van der Waals surface area contributed by atoms with Gasteiger partial charge in [-0.2, -0.15) is 0 Å². The Morgan fingerprint density at radius 3 is 2.48 bits per heavy atom. The number of hydrogen-bond donors (Lipinski definition) is 3. The van der Waals surface area contributed by atoms with Crippen LogP contribution in [0, 0.1) is 11.8 Å². The third-order valence-electron chi connectivity index (χ3n) is 4.69. The molecule has 1 aliphatic carbocycles. The SMILES string of the molecule is O=C(O)CCN1CC(NCC2CCCC2)CC(C(=O)O)C1. The molecule has 6 heteroatoms. The highest BCUT2D eigenvalue weighted by atomic mass is 16.4. The fraction of sp³-hybridized carbons (Fsp3) is 0.867. The third-order valence-corrected chi connectivity index (χ3v) is 4.69. The Balaban J connectivity index is 1.83. The van der Waals surface area contributed by atoms with Crippen LogP contribution in [0.4, 0.5) is 0 Å². The molecule has 6 nitrogen and oxygen atoms in total. The lowest BCUT2D eigenvalue weighted by molar-refractivity contribution is -0.144. The number of nitrogens with one attached hydrogen (secondary N) is 1. The summed E-state index contributed by atoms with van der Waals surface area (Å²) in [5, 5.41) is 21.5. The highest BCUT2D eigenvalue weighted by Crippen LogP contribution is 2.25. The van der Waals surface area contributed by atoms with Crippen LogP contribution in [-0.4, -0.2) is 59.3 Å². The van der Waals surface area contributed by atoms with Gasteiger partial charge in [-0.3, -0.25) is 9.59 Å². The number of piperidine rings is 1. The van der Waals surface area contributed by atoms with E-state index >= 15 is 0 Å². The van der Waals surface area contributed by atoms with Gasteiger partial charge < -0.3 is 20.4 Å². The number of aliphatic carboxylic acids is 2. The van der Waals surface area contributed by atoms with Crippen molar-refractivity contribution < 1.29 is 19.8 Å². The second kappa shape index (κ2) is 7.75. The van der Waals surface area contributed by atoms with Crippen molar-refractivity contribution in [1.29, 1.82) is 0 Å². The molecule has 0 aromatic carbocycles. The highest BCUT2D eigenvalue weighted by molar-refractivity contribution is 5.70. The third kappa shape index (κ3) is 5.28. The van der Waals surface area contributed by atoms with Crippen LogP contribution in [0.15, 0.2) is 0 Å². The summed E-state index contributed by atoms with van der Waals surface area (Å²) in [4.78, 5) is 23.9. The molecule has 0 aromatic heterocycles. The zero-order valence-electron chi connectivity index (χ0n) is 12.5. The number of hydrogen-bond acceptors (Lipinski definition) is 4. The molecule has 21 heavy (non-hydrogen) atoms. The van der Waals surface area contributed by atoms with Gasteiger partial charge in [0.2, 0.25) is 0 Å². The molecule has 2 rings (SSSR count). The van der Waals surface area contributed by atoms with Crippen molar-refractivity contribution in [2.75, 3.05) is 26.2 Å². The van der Waals surface area contributed by atoms with Crippen molar-refractivity contribution in [3.63, 3.8) is 0 Å². The molecule has 1 saturated carbocycles. The quantitative estimate of drug-likeness (QED) is 0.650. The summed E-state index contributed by atoms with van der Waals surface area (Å²) >= 11 is 0. The Kier molecular flexibility index (Phi) is 5.99. The second-order valence-corrected chi connectivity index (χ2v) is 6.43. The molecule has 0 aromatic rings. The molecule has 1 aliphatic heterocycles. The molecular weight excluding hydrogens is 272 g/mol. The molecule has 1 heterocycles. The first-order chi connectivity index (χ1) is 10.0. The van der Waals surface area contributed by atoms with Crippen molar-refractivity contribution in [3.8, 4) is 0 Å². The lowest BCUT2D eigenvalue weighted by Gasteiger charge is -2.36. The molecule has 2 unspecified atom stereocenters. The summed E-state index contributed by atoms with van der Waals surface area (Å²) in [7, 11) is 0. The Hall–Kier alpha value is -1.14. The average molecular weight is 298 g/mol. The number of carboxylic acid groups (broad SMARTS) is 2. The average Bonchev–Trinajstić information content (AvgIpc) is 2.96. The molecule has 2 fully saturated rings. The Labute approximate surface area is 125 Å². The van der Waals surface area contributed by atoms with Crippen molar-refractivity contribution in [1.82, 2.24) is 10.2 Å². The molecule has 0 amide bonds. The number of carboxylic acids is 2. The standard InChI is InChI=1S/C15H26N2O4/c18-14(19)5-6-17-9-12(15(20)21)7-13(10-17)16-8-11-3-1-2-4-11/h11-13,16H,1-10H2,(H,18,19)(H,20,21). The lowest BCUT2D eigenvalue weighted by atomic mass is 9.93. The molecule has 0 radical (unpaired) electrons. The van der Waals surface area contributed by atoms with Crippen molar-refractivity contribution in [3.05, 3.63) is 0 Å². The van der Waals surface area contributed by atoms with Gasteiger partial charge in [0, 0.05) is 25.7 Å². The summed E-state index contributed by atoms with van der Waals surface area (Å²) in [6.07, 6.45) is 5.86. The van der Waals surface area contributed by atoms with Crippen molar-refractivity contribution in [2.45, 2.75) is 44.6 Å². The number of rotatable bonds is 7. The molecule has 2 atom stereocenters. The largest absolute Gasteiger partial charge is 0.481 e. The smallest absolute Gasteiger partial charge is 0.307 e. The summed E-state index contributed by atoms with van der Waals surface area (Å²) in [5.74, 6) is -1.28. The van der Waals surface area contributed by atoms with Gasteiger partial charge in [-0.15, -0.1) is 0 Å². The number of nitrogens with zero attached hydrogens (tertiary/aromatic N) is 1. The maximum Gasteiger partial charge on any atom is 0.307 e. The van der Waals surface area contributed by atoms with Crippen LogP contribution in [0.25, 0.3) is 0 Å². The predicted octanol–water partition coefficient (Wildman–Crippen LogP) is 1.02. The predicted molar refractivity (Wildman–Crippen MR) is 78.2 cm³/mol. The van der Waals surface area contributed by atoms with E-state index < -0.39 is 17.9 Å². The van der Waals surface area contributed by atoms with Crippen LogP contribution < -0.4 is 5.32 Å². The van der Waals surface area contributed by atoms with Gasteiger partial charge in [-0.1, -0.05) is 12.8 Å². The van der Waals surface area contributed by atoms with E-state index in [2.05, 4.69) is 5.32 Å². The van der Waals surface area contributed by atoms with Crippen LogP contribution in [0.2, 0.25) is 0 Å². The van der Waals surface area contributed by atoms with E-state index in [1.54, 1.807) is 0 Å². The minimum atomic E-state index is -0.831. The van der Waals surface area contributed by atoms with Crippen LogP contribution in [0.5, 0.6) is 0 Å². The summed E-state index contributed by atoms with van der Waals surface area (Å²) in [6, 6.07) is 0.161. The van der Waals surface area contributed by atoms with Gasteiger partial charge >= 0.3 is 11.9 Å². The molecule has 0 spiro atoms. The van der Waals surface area contributed by atoms with Crippen LogP contribution in [0.1, 0.15) is 38.5 Å². The van der Waals surface area contributed by atoms with Crippen LogP contribution in [-0.2, 0) is 9.59 Å². The van der Waals surface area contributed by atoms with E-state index in [0.29, 0.717) is 19.5 Å². The highest BCUT2D eigenvalue weighted by Gasteiger charge is 2.31. The number of likely N-dealkylation sites (tertiary alicyclic amines) is 1. The Bertz CT molecular complexity index is 369. The van der Waals surface area contributed by atoms with Crippen molar-refractivity contribution >= 4 is 11.9 Å². The second-order valence-electron chi connectivity index (χ2n) is 6.43. The minimum Gasteiger partial charge on any atom is -0.481 e. The monoisotopic (exact) mass is 298 g/mol. The fourth-order valence-electron chi connectivity index (χ4n) is 3.50. The van der Waals surface area contributed by atoms with Gasteiger partial charge in [-0.05, 0) is 31.7 Å². The molecule has 120 valence electrons. The van der Waals surface area contributed by atoms with Gasteiger partial charge in [0.05, 0.1) is 12.3 Å². The van der Waals surface area contributed by atoms with E-state index in [1.807, 2.05) is 4.90 Å². The topological polar surface area (TPSA) is 89.9 Å². The maximum absolute atomic E-state index is 11.3. The molecule has 2 aliphatic rings. The first-order valence-electron chi connectivity index (χ1n) is 7.95. The maximum atomic E-state index is 11.3. The Morgan fingerprint density at radius 2 is 1.86 bits per heavy atom. The van der Waals surface area contributed by atoms with Gasteiger partial charge in [0.1, 0.15) is 0 Å². The first kappa shape index (κ1) is 16.2. The van der Waals surface area contributed by atoms with Gasteiger partial charge in [0.25, 0.3) is 0 Å². The van der Waals surface area contributed by atoms with Crippen molar-refractivity contribution in [2.24, 2.45) is 11.8 Å². The zero-order chi connectivity index (χ0) is 15.2. The summed E-state index contributed by atoms with van der Waals surface area (Å²) in [6.45, 7) is 2.61. The van der Waals surface area contributed by atoms with E-state index in [-0.39, 0.29) is 12.5 Å². The summed E-state index contributed by atoms with van der Waals surface area (Å²) < 4.78 is 0. The Morgan fingerprint density at radius 1 is 1.14 bits per heavy atom. The molecule has 1 saturated heterocycles. The normalized spacial score (nSPS) is 27.8. The van der Waals surface area contributed by atoms with Crippen LogP contribution >= 0.6 is 0 Å². The first-order valence-corrected chi connectivity index (χ1v) is 7.95. The fourth-order valence-corrected chi connectivity index (χ4v) is 3.50. The summed E-state index contributed by atoms with van der Waals surface area (Å²) in [5.41, 5.74) is 0. The lowest BCUT2D eigenvalue weighted by Crippen LogP contribution is -2.52. The van der Waals surface area contributed by atoms with E-state index in [4.69, 9.17) is 5.11 Å². The molecule has 0 bridgehead atoms. The van der Waals surface area contributed by atoms with E-state index in [1.165, 1.54) is 25.7 Å².